The zero-order valence-electron chi connectivity index (χ0n) is 13.6. The Morgan fingerprint density at radius 1 is 1.29 bits per heavy atom. The summed E-state index contributed by atoms with van der Waals surface area (Å²) in [6.45, 7) is 7.01. The van der Waals surface area contributed by atoms with Crippen molar-refractivity contribution < 1.29 is 0 Å². The summed E-state index contributed by atoms with van der Waals surface area (Å²) in [6.07, 6.45) is 8.22. The summed E-state index contributed by atoms with van der Waals surface area (Å²) < 4.78 is 0. The SMILES string of the molecule is CC(C)CC1CCCC(N2CCc3cccc(N)c3C2)C1. The van der Waals surface area contributed by atoms with Gasteiger partial charge in [0.25, 0.3) is 0 Å². The minimum atomic E-state index is 0.787. The topological polar surface area (TPSA) is 29.3 Å². The summed E-state index contributed by atoms with van der Waals surface area (Å²) in [5.41, 5.74) is 10.1. The molecule has 21 heavy (non-hydrogen) atoms. The van der Waals surface area contributed by atoms with Gasteiger partial charge in [0, 0.05) is 24.8 Å². The van der Waals surface area contributed by atoms with Crippen molar-refractivity contribution in [1.29, 1.82) is 0 Å². The molecule has 1 saturated carbocycles. The van der Waals surface area contributed by atoms with Crippen LogP contribution in [0.4, 0.5) is 5.69 Å². The maximum Gasteiger partial charge on any atom is 0.0362 e. The van der Waals surface area contributed by atoms with Gasteiger partial charge in [-0.3, -0.25) is 4.90 Å². The maximum atomic E-state index is 6.20. The standard InChI is InChI=1S/C19H30N2/c1-14(2)11-15-5-3-7-17(12-15)21-10-9-16-6-4-8-19(20)18(16)13-21/h4,6,8,14-15,17H,3,5,7,9-13,20H2,1-2H3. The Bertz CT molecular complexity index is 480. The first-order valence-corrected chi connectivity index (χ1v) is 8.73. The summed E-state index contributed by atoms with van der Waals surface area (Å²) in [5.74, 6) is 1.78. The Labute approximate surface area is 129 Å². The molecule has 2 heteroatoms. The number of nitrogen functional groups attached to an aromatic ring is 1. The van der Waals surface area contributed by atoms with Crippen molar-refractivity contribution >= 4 is 5.69 Å². The molecule has 116 valence electrons. The van der Waals surface area contributed by atoms with Crippen molar-refractivity contribution in [1.82, 2.24) is 4.90 Å². The van der Waals surface area contributed by atoms with Crippen LogP contribution < -0.4 is 5.73 Å². The molecule has 1 heterocycles. The van der Waals surface area contributed by atoms with Crippen LogP contribution in [-0.4, -0.2) is 17.5 Å². The number of anilines is 1. The van der Waals surface area contributed by atoms with Crippen LogP contribution in [0.3, 0.4) is 0 Å². The van der Waals surface area contributed by atoms with E-state index in [1.54, 1.807) is 0 Å². The molecule has 2 atom stereocenters. The van der Waals surface area contributed by atoms with Gasteiger partial charge in [0.1, 0.15) is 0 Å². The summed E-state index contributed by atoms with van der Waals surface area (Å²) in [4.78, 5) is 2.71. The van der Waals surface area contributed by atoms with Gasteiger partial charge in [0.2, 0.25) is 0 Å². The molecule has 1 aliphatic heterocycles. The predicted molar refractivity (Wildman–Crippen MR) is 90.2 cm³/mol. The fourth-order valence-corrected chi connectivity index (χ4v) is 4.41. The molecule has 3 rings (SSSR count). The van der Waals surface area contributed by atoms with Crippen molar-refractivity contribution in [2.45, 2.75) is 65.0 Å². The Morgan fingerprint density at radius 2 is 2.14 bits per heavy atom. The van der Waals surface area contributed by atoms with Crippen LogP contribution in [-0.2, 0) is 13.0 Å². The molecule has 2 aliphatic rings. The third-order valence-electron chi connectivity index (χ3n) is 5.42. The molecule has 0 aromatic heterocycles. The lowest BCUT2D eigenvalue weighted by atomic mass is 9.80. The predicted octanol–water partition coefficient (Wildman–Crippen LogP) is 4.23. The van der Waals surface area contributed by atoms with Gasteiger partial charge in [-0.15, -0.1) is 0 Å². The van der Waals surface area contributed by atoms with Crippen molar-refractivity contribution in [2.24, 2.45) is 11.8 Å². The summed E-state index contributed by atoms with van der Waals surface area (Å²) in [6, 6.07) is 7.20. The number of nitrogens with two attached hydrogens (primary N) is 1. The number of hydrogen-bond donors (Lipinski definition) is 1. The number of nitrogens with zero attached hydrogens (tertiary/aromatic N) is 1. The van der Waals surface area contributed by atoms with Crippen LogP contribution >= 0.6 is 0 Å². The van der Waals surface area contributed by atoms with Crippen LogP contribution in [0.2, 0.25) is 0 Å². The van der Waals surface area contributed by atoms with E-state index < -0.39 is 0 Å². The first-order chi connectivity index (χ1) is 10.1. The Morgan fingerprint density at radius 3 is 2.95 bits per heavy atom. The van der Waals surface area contributed by atoms with E-state index in [4.69, 9.17) is 5.73 Å². The molecule has 0 saturated heterocycles. The molecule has 0 spiro atoms. The second-order valence-electron chi connectivity index (χ2n) is 7.52. The Balaban J connectivity index is 1.67. The van der Waals surface area contributed by atoms with Gasteiger partial charge in [-0.05, 0) is 54.7 Å². The van der Waals surface area contributed by atoms with Crippen LogP contribution in [0.25, 0.3) is 0 Å². The molecule has 1 aromatic rings. The second kappa shape index (κ2) is 6.39. The molecule has 1 aliphatic carbocycles. The van der Waals surface area contributed by atoms with E-state index in [1.165, 1.54) is 56.2 Å². The molecule has 0 radical (unpaired) electrons. The molecule has 2 nitrogen and oxygen atoms in total. The van der Waals surface area contributed by atoms with Crippen molar-refractivity contribution in [3.63, 3.8) is 0 Å². The molecule has 2 unspecified atom stereocenters. The molecular formula is C19H30N2. The zero-order chi connectivity index (χ0) is 14.8. The van der Waals surface area contributed by atoms with Crippen molar-refractivity contribution in [3.8, 4) is 0 Å². The highest BCUT2D eigenvalue weighted by atomic mass is 15.2. The molecule has 2 N–H and O–H groups in total. The third kappa shape index (κ3) is 3.42. The second-order valence-corrected chi connectivity index (χ2v) is 7.52. The summed E-state index contributed by atoms with van der Waals surface area (Å²) >= 11 is 0. The average Bonchev–Trinajstić information content (AvgIpc) is 2.47. The van der Waals surface area contributed by atoms with E-state index in [0.29, 0.717) is 0 Å². The summed E-state index contributed by atoms with van der Waals surface area (Å²) in [7, 11) is 0. The number of benzene rings is 1. The number of rotatable bonds is 3. The number of hydrogen-bond acceptors (Lipinski definition) is 2. The molecule has 1 fully saturated rings. The normalized spacial score (nSPS) is 26.8. The van der Waals surface area contributed by atoms with Gasteiger partial charge >= 0.3 is 0 Å². The van der Waals surface area contributed by atoms with E-state index in [9.17, 15) is 0 Å². The fourth-order valence-electron chi connectivity index (χ4n) is 4.41. The van der Waals surface area contributed by atoms with Crippen molar-refractivity contribution in [2.75, 3.05) is 12.3 Å². The van der Waals surface area contributed by atoms with E-state index in [1.807, 2.05) is 0 Å². The minimum Gasteiger partial charge on any atom is -0.398 e. The van der Waals surface area contributed by atoms with Gasteiger partial charge in [-0.1, -0.05) is 38.8 Å². The van der Waals surface area contributed by atoms with Gasteiger partial charge in [0.05, 0.1) is 0 Å². The average molecular weight is 286 g/mol. The first-order valence-electron chi connectivity index (χ1n) is 8.73. The van der Waals surface area contributed by atoms with Crippen molar-refractivity contribution in [3.05, 3.63) is 29.3 Å². The monoisotopic (exact) mass is 286 g/mol. The van der Waals surface area contributed by atoms with Crippen LogP contribution in [0.15, 0.2) is 18.2 Å². The van der Waals surface area contributed by atoms with E-state index in [0.717, 1.165) is 30.1 Å². The fraction of sp³-hybridized carbons (Fsp3) is 0.684. The summed E-state index contributed by atoms with van der Waals surface area (Å²) in [5, 5.41) is 0. The van der Waals surface area contributed by atoms with Gasteiger partial charge in [-0.2, -0.15) is 0 Å². The van der Waals surface area contributed by atoms with E-state index >= 15 is 0 Å². The van der Waals surface area contributed by atoms with Crippen LogP contribution in [0, 0.1) is 11.8 Å². The first kappa shape index (κ1) is 14.9. The Hall–Kier alpha value is -1.02. The minimum absolute atomic E-state index is 0.787. The highest BCUT2D eigenvalue weighted by Gasteiger charge is 2.29. The van der Waals surface area contributed by atoms with E-state index in [-0.39, 0.29) is 0 Å². The molecule has 0 bridgehead atoms. The quantitative estimate of drug-likeness (QED) is 0.842. The van der Waals surface area contributed by atoms with Crippen LogP contribution in [0.1, 0.15) is 57.1 Å². The van der Waals surface area contributed by atoms with Gasteiger partial charge in [-0.25, -0.2) is 0 Å². The largest absolute Gasteiger partial charge is 0.398 e. The van der Waals surface area contributed by atoms with Gasteiger partial charge in [0.15, 0.2) is 0 Å². The maximum absolute atomic E-state index is 6.20. The highest BCUT2D eigenvalue weighted by Crippen LogP contribution is 2.34. The zero-order valence-corrected chi connectivity index (χ0v) is 13.6. The lowest BCUT2D eigenvalue weighted by molar-refractivity contribution is 0.110. The third-order valence-corrected chi connectivity index (χ3v) is 5.42. The van der Waals surface area contributed by atoms with Crippen LogP contribution in [0.5, 0.6) is 0 Å². The van der Waals surface area contributed by atoms with E-state index in [2.05, 4.69) is 36.9 Å². The Kier molecular flexibility index (Phi) is 4.54. The molecule has 1 aromatic carbocycles. The lowest BCUT2D eigenvalue weighted by Gasteiger charge is -2.40. The highest BCUT2D eigenvalue weighted by molar-refractivity contribution is 5.51. The lowest BCUT2D eigenvalue weighted by Crippen LogP contribution is -2.42. The molecule has 0 amide bonds. The number of fused-ring (bicyclic) bond motifs is 1. The van der Waals surface area contributed by atoms with Gasteiger partial charge < -0.3 is 5.73 Å². The molecular weight excluding hydrogens is 256 g/mol. The smallest absolute Gasteiger partial charge is 0.0362 e.